The van der Waals surface area contributed by atoms with Crippen LogP contribution in [0.25, 0.3) is 0 Å². The number of amides is 2. The van der Waals surface area contributed by atoms with Gasteiger partial charge in [0.15, 0.2) is 10.8 Å². The molecule has 3 rings (SSSR count). The molecule has 19 heteroatoms. The zero-order valence-corrected chi connectivity index (χ0v) is 19.4. The maximum atomic E-state index is 13.0. The molecular weight excluding hydrogens is 498 g/mol. The van der Waals surface area contributed by atoms with Gasteiger partial charge in [-0.1, -0.05) is 5.16 Å². The first-order valence-corrected chi connectivity index (χ1v) is 11.5. The molecule has 5 N–H and O–H groups in total. The molecule has 2 amide bonds. The van der Waals surface area contributed by atoms with Gasteiger partial charge >= 0.3 is 16.3 Å². The van der Waals surface area contributed by atoms with Crippen molar-refractivity contribution in [3.8, 4) is 0 Å². The van der Waals surface area contributed by atoms with Gasteiger partial charge in [0.05, 0.1) is 12.6 Å². The lowest BCUT2D eigenvalue weighted by atomic mass is 9.98. The van der Waals surface area contributed by atoms with E-state index in [9.17, 15) is 32.5 Å². The van der Waals surface area contributed by atoms with Crippen LogP contribution in [0.15, 0.2) is 10.5 Å². The van der Waals surface area contributed by atoms with Crippen LogP contribution in [0.1, 0.15) is 25.4 Å². The number of carbonyl (C=O) groups is 3. The summed E-state index contributed by atoms with van der Waals surface area (Å²) < 4.78 is 34.1. The number of nitrogens with one attached hydrogen (secondary N) is 1. The fourth-order valence-electron chi connectivity index (χ4n) is 2.75. The maximum Gasteiger partial charge on any atom is 0.362 e. The van der Waals surface area contributed by atoms with Gasteiger partial charge in [-0.25, -0.2) is 18.8 Å². The van der Waals surface area contributed by atoms with E-state index in [4.69, 9.17) is 10.6 Å². The quantitative estimate of drug-likeness (QED) is 0.119. The molecule has 0 aromatic carbocycles. The summed E-state index contributed by atoms with van der Waals surface area (Å²) in [5.41, 5.74) is 3.18. The first-order chi connectivity index (χ1) is 15.7. The van der Waals surface area contributed by atoms with E-state index in [0.29, 0.717) is 0 Å². The predicted molar refractivity (Wildman–Crippen MR) is 113 cm³/mol. The average Bonchev–Trinajstić information content (AvgIpc) is 3.32. The maximum absolute atomic E-state index is 13.0. The minimum Gasteiger partial charge on any atom is -0.478 e. The number of β-lactam (4-membered cyclic amide) rings is 1. The monoisotopic (exact) mass is 517 g/mol. The molecule has 1 aliphatic heterocycles. The van der Waals surface area contributed by atoms with Crippen LogP contribution < -0.4 is 11.1 Å². The molecule has 2 atom stereocenters. The molecule has 184 valence electrons. The number of anilines is 1. The molecule has 2 aromatic heterocycles. The van der Waals surface area contributed by atoms with E-state index in [2.05, 4.69) is 31.0 Å². The molecule has 0 spiro atoms. The number of tetrazole rings is 1. The number of nitrogen functional groups attached to an aromatic ring is 1. The Morgan fingerprint density at radius 2 is 2.09 bits per heavy atom. The zero-order valence-electron chi connectivity index (χ0n) is 17.8. The van der Waals surface area contributed by atoms with Crippen molar-refractivity contribution in [2.75, 3.05) is 5.73 Å². The number of nitrogens with zero attached hydrogens (tertiary/aromatic N) is 7. The van der Waals surface area contributed by atoms with E-state index < -0.39 is 51.5 Å². The average molecular weight is 518 g/mol. The smallest absolute Gasteiger partial charge is 0.362 e. The second-order valence-electron chi connectivity index (χ2n) is 7.46. The van der Waals surface area contributed by atoms with Crippen molar-refractivity contribution < 1.29 is 37.3 Å². The standard InChI is InChI=1S/C15H19N9O8S2/c1-6-19-21-22-23(6)4-8-10(12(26)24(8)34(29,30)31)18-11(25)9(7-5-33-14(16)17-7)20-32-15(2,3)13(27)28/h5,8,10H,4H2,1-3H3,(H2,16,17)(H,18,25)(H,27,28)(H,29,30,31)/t8-,10-/m0/s1. The summed E-state index contributed by atoms with van der Waals surface area (Å²) in [7, 11) is -4.95. The Balaban J connectivity index is 1.90. The fraction of sp³-hybridized carbons (Fsp3) is 0.467. The Kier molecular flexibility index (Phi) is 6.53. The minimum atomic E-state index is -4.95. The number of carboxylic acid groups (broad SMARTS) is 1. The lowest BCUT2D eigenvalue weighted by Crippen LogP contribution is -2.73. The van der Waals surface area contributed by atoms with Crippen molar-refractivity contribution in [2.45, 2.75) is 45.0 Å². The van der Waals surface area contributed by atoms with Crippen molar-refractivity contribution in [1.82, 2.24) is 34.8 Å². The number of oxime groups is 1. The van der Waals surface area contributed by atoms with Crippen molar-refractivity contribution in [3.63, 3.8) is 0 Å². The Labute approximate surface area is 195 Å². The fourth-order valence-corrected chi connectivity index (χ4v) is 4.16. The van der Waals surface area contributed by atoms with Crippen LogP contribution in [0.3, 0.4) is 0 Å². The lowest BCUT2D eigenvalue weighted by Gasteiger charge is -2.43. The van der Waals surface area contributed by atoms with E-state index in [-0.39, 0.29) is 27.5 Å². The number of carbonyl (C=O) groups excluding carboxylic acids is 2. The number of hydrogen-bond acceptors (Lipinski definition) is 13. The molecule has 0 radical (unpaired) electrons. The van der Waals surface area contributed by atoms with Crippen LogP contribution in [0.2, 0.25) is 0 Å². The number of aliphatic carboxylic acids is 1. The summed E-state index contributed by atoms with van der Waals surface area (Å²) in [5, 5.41) is 27.2. The molecule has 34 heavy (non-hydrogen) atoms. The van der Waals surface area contributed by atoms with Crippen LogP contribution >= 0.6 is 11.3 Å². The number of hydrogen-bond donors (Lipinski definition) is 4. The van der Waals surface area contributed by atoms with Gasteiger partial charge in [-0.15, -0.1) is 16.4 Å². The highest BCUT2D eigenvalue weighted by Gasteiger charge is 2.54. The van der Waals surface area contributed by atoms with Gasteiger partial charge in [0.25, 0.3) is 11.8 Å². The Morgan fingerprint density at radius 3 is 2.59 bits per heavy atom. The lowest BCUT2D eigenvalue weighted by molar-refractivity contribution is -0.161. The van der Waals surface area contributed by atoms with E-state index >= 15 is 0 Å². The number of thiazole rings is 1. The second kappa shape index (κ2) is 8.91. The highest BCUT2D eigenvalue weighted by atomic mass is 32.2. The summed E-state index contributed by atoms with van der Waals surface area (Å²) in [6.45, 7) is 3.61. The van der Waals surface area contributed by atoms with E-state index in [1.54, 1.807) is 0 Å². The third-order valence-corrected chi connectivity index (χ3v) is 6.26. The predicted octanol–water partition coefficient (Wildman–Crippen LogP) is -2.20. The van der Waals surface area contributed by atoms with Crippen LogP contribution in [0.5, 0.6) is 0 Å². The molecule has 1 saturated heterocycles. The summed E-state index contributed by atoms with van der Waals surface area (Å²) in [5.74, 6) is -3.26. The highest BCUT2D eigenvalue weighted by Crippen LogP contribution is 2.25. The third-order valence-electron chi connectivity index (χ3n) is 4.64. The largest absolute Gasteiger partial charge is 0.478 e. The van der Waals surface area contributed by atoms with Crippen molar-refractivity contribution in [2.24, 2.45) is 5.16 Å². The number of rotatable bonds is 9. The van der Waals surface area contributed by atoms with Gasteiger partial charge in [0.1, 0.15) is 17.6 Å². The third kappa shape index (κ3) is 4.94. The molecule has 17 nitrogen and oxygen atoms in total. The van der Waals surface area contributed by atoms with Crippen molar-refractivity contribution in [1.29, 1.82) is 0 Å². The van der Waals surface area contributed by atoms with E-state index in [1.165, 1.54) is 30.8 Å². The van der Waals surface area contributed by atoms with Crippen LogP contribution in [-0.2, 0) is 36.1 Å². The second-order valence-corrected chi connectivity index (χ2v) is 9.63. The molecule has 3 heterocycles. The number of nitrogens with two attached hydrogens (primary N) is 1. The Bertz CT molecular complexity index is 1270. The van der Waals surface area contributed by atoms with Gasteiger partial charge < -0.3 is 21.0 Å². The molecule has 1 aliphatic rings. The van der Waals surface area contributed by atoms with Gasteiger partial charge in [0.2, 0.25) is 5.60 Å². The molecule has 2 aromatic rings. The van der Waals surface area contributed by atoms with Crippen molar-refractivity contribution in [3.05, 3.63) is 16.9 Å². The number of aryl methyl sites for hydroxylation is 1. The molecule has 0 bridgehead atoms. The summed E-state index contributed by atoms with van der Waals surface area (Å²) >= 11 is 0.959. The van der Waals surface area contributed by atoms with Crippen LogP contribution in [0, 0.1) is 6.92 Å². The first-order valence-electron chi connectivity index (χ1n) is 9.27. The molecular formula is C15H19N9O8S2. The summed E-state index contributed by atoms with van der Waals surface area (Å²) in [6.07, 6.45) is 0. The van der Waals surface area contributed by atoms with Gasteiger partial charge in [-0.05, 0) is 31.2 Å². The minimum absolute atomic E-state index is 0.0669. The van der Waals surface area contributed by atoms with Gasteiger partial charge in [-0.2, -0.15) is 8.42 Å². The van der Waals surface area contributed by atoms with Crippen molar-refractivity contribution >= 4 is 50.3 Å². The Hall–Kier alpha value is -3.71. The first kappa shape index (κ1) is 24.9. The molecule has 0 saturated carbocycles. The number of aromatic nitrogens is 5. The highest BCUT2D eigenvalue weighted by molar-refractivity contribution is 7.84. The van der Waals surface area contributed by atoms with Gasteiger partial charge in [0, 0.05) is 5.38 Å². The summed E-state index contributed by atoms with van der Waals surface area (Å²) in [4.78, 5) is 45.6. The van der Waals surface area contributed by atoms with E-state index in [1.807, 2.05) is 0 Å². The topological polar surface area (TPSA) is 245 Å². The SMILES string of the molecule is Cc1nnnn1C[C@H]1[C@H](NC(=O)C(=NOC(C)(C)C(=O)O)c2csc(N)n2)C(=O)N1S(=O)(=O)O. The molecule has 1 fully saturated rings. The molecule has 0 unspecified atom stereocenters. The van der Waals surface area contributed by atoms with E-state index in [0.717, 1.165) is 11.3 Å². The normalized spacial score (nSPS) is 19.0. The Morgan fingerprint density at radius 1 is 1.41 bits per heavy atom. The summed E-state index contributed by atoms with van der Waals surface area (Å²) in [6, 6.07) is -2.72. The van der Waals surface area contributed by atoms with Gasteiger partial charge in [-0.3, -0.25) is 14.1 Å². The molecule has 0 aliphatic carbocycles. The number of carboxylic acids is 1. The van der Waals surface area contributed by atoms with Crippen LogP contribution in [-0.4, -0.2) is 88.8 Å². The zero-order chi connectivity index (χ0) is 25.4. The van der Waals surface area contributed by atoms with Crippen LogP contribution in [0.4, 0.5) is 5.13 Å².